The number of aryl methyl sites for hydroxylation is 1. The quantitative estimate of drug-likeness (QED) is 0.808. The molecule has 0 aliphatic heterocycles. The molecule has 0 aromatic carbocycles. The molecule has 0 amide bonds. The van der Waals surface area contributed by atoms with Crippen molar-refractivity contribution in [3.8, 4) is 0 Å². The molecule has 1 aromatic rings. The van der Waals surface area contributed by atoms with E-state index in [1.54, 1.807) is 17.8 Å². The van der Waals surface area contributed by atoms with Crippen LogP contribution in [0.5, 0.6) is 0 Å². The molecule has 0 bridgehead atoms. The number of anilines is 1. The monoisotopic (exact) mass is 231 g/mol. The standard InChI is InChI=1S/C9H17N3O2S/c1-4-15(13,14)7-8(2)11-9-5-6-10-12(9)3/h5-6,8,11H,4,7H2,1-3H3. The third-order valence-corrected chi connectivity index (χ3v) is 4.05. The maximum absolute atomic E-state index is 11.4. The zero-order valence-electron chi connectivity index (χ0n) is 9.27. The molecular weight excluding hydrogens is 214 g/mol. The predicted molar refractivity (Wildman–Crippen MR) is 60.6 cm³/mol. The topological polar surface area (TPSA) is 64.0 Å². The second kappa shape index (κ2) is 4.65. The first kappa shape index (κ1) is 12.0. The highest BCUT2D eigenvalue weighted by Gasteiger charge is 2.14. The maximum Gasteiger partial charge on any atom is 0.152 e. The summed E-state index contributed by atoms with van der Waals surface area (Å²) in [6, 6.07) is 1.71. The molecule has 0 saturated carbocycles. The largest absolute Gasteiger partial charge is 0.367 e. The van der Waals surface area contributed by atoms with Crippen LogP contribution in [0.15, 0.2) is 12.3 Å². The first-order valence-electron chi connectivity index (χ1n) is 4.89. The minimum atomic E-state index is -2.93. The van der Waals surface area contributed by atoms with Crippen LogP contribution in [0.1, 0.15) is 13.8 Å². The molecule has 15 heavy (non-hydrogen) atoms. The Labute approximate surface area is 90.4 Å². The minimum Gasteiger partial charge on any atom is -0.367 e. The van der Waals surface area contributed by atoms with Gasteiger partial charge in [0.25, 0.3) is 0 Å². The van der Waals surface area contributed by atoms with E-state index in [0.717, 1.165) is 5.82 Å². The molecule has 1 aromatic heterocycles. The molecule has 0 saturated heterocycles. The van der Waals surface area contributed by atoms with Gasteiger partial charge in [-0.05, 0) is 6.92 Å². The molecule has 0 aliphatic carbocycles. The second-order valence-corrected chi connectivity index (χ2v) is 5.98. The molecule has 0 aliphatic rings. The van der Waals surface area contributed by atoms with Gasteiger partial charge in [0.1, 0.15) is 5.82 Å². The fraction of sp³-hybridized carbons (Fsp3) is 0.667. The molecule has 86 valence electrons. The van der Waals surface area contributed by atoms with Gasteiger partial charge in [0.05, 0.1) is 11.9 Å². The van der Waals surface area contributed by atoms with Crippen molar-refractivity contribution in [2.45, 2.75) is 19.9 Å². The van der Waals surface area contributed by atoms with Gasteiger partial charge in [-0.15, -0.1) is 0 Å². The van der Waals surface area contributed by atoms with E-state index < -0.39 is 9.84 Å². The summed E-state index contributed by atoms with van der Waals surface area (Å²) in [4.78, 5) is 0. The van der Waals surface area contributed by atoms with E-state index in [1.807, 2.05) is 20.0 Å². The van der Waals surface area contributed by atoms with Gasteiger partial charge in [-0.25, -0.2) is 8.42 Å². The summed E-state index contributed by atoms with van der Waals surface area (Å²) in [7, 11) is -1.12. The van der Waals surface area contributed by atoms with Crippen LogP contribution in [0.25, 0.3) is 0 Å². The van der Waals surface area contributed by atoms with Gasteiger partial charge in [-0.1, -0.05) is 6.92 Å². The van der Waals surface area contributed by atoms with Crippen molar-refractivity contribution < 1.29 is 8.42 Å². The summed E-state index contributed by atoms with van der Waals surface area (Å²) in [6.07, 6.45) is 1.67. The van der Waals surface area contributed by atoms with Gasteiger partial charge in [-0.3, -0.25) is 4.68 Å². The van der Waals surface area contributed by atoms with Gasteiger partial charge >= 0.3 is 0 Å². The first-order chi connectivity index (χ1) is 6.94. The van der Waals surface area contributed by atoms with E-state index in [1.165, 1.54) is 0 Å². The lowest BCUT2D eigenvalue weighted by Gasteiger charge is -2.14. The Morgan fingerprint density at radius 2 is 2.27 bits per heavy atom. The summed E-state index contributed by atoms with van der Waals surface area (Å²) in [5.41, 5.74) is 0. The van der Waals surface area contributed by atoms with E-state index in [2.05, 4.69) is 10.4 Å². The fourth-order valence-electron chi connectivity index (χ4n) is 1.31. The lowest BCUT2D eigenvalue weighted by molar-refractivity contribution is 0.593. The van der Waals surface area contributed by atoms with Crippen LogP contribution < -0.4 is 5.32 Å². The highest BCUT2D eigenvalue weighted by atomic mass is 32.2. The van der Waals surface area contributed by atoms with Crippen LogP contribution in [0.3, 0.4) is 0 Å². The molecule has 1 atom stereocenters. The Bertz CT molecular complexity index is 411. The molecule has 1 unspecified atom stereocenters. The van der Waals surface area contributed by atoms with Crippen molar-refractivity contribution in [3.05, 3.63) is 12.3 Å². The molecule has 6 heteroatoms. The summed E-state index contributed by atoms with van der Waals surface area (Å²) in [6.45, 7) is 3.51. The van der Waals surface area contributed by atoms with Gasteiger partial charge in [0.2, 0.25) is 0 Å². The molecule has 1 N–H and O–H groups in total. The van der Waals surface area contributed by atoms with E-state index in [4.69, 9.17) is 0 Å². The molecule has 5 nitrogen and oxygen atoms in total. The van der Waals surface area contributed by atoms with E-state index in [-0.39, 0.29) is 17.5 Å². The SMILES string of the molecule is CCS(=O)(=O)CC(C)Nc1ccnn1C. The number of sulfone groups is 1. The van der Waals surface area contributed by atoms with Crippen molar-refractivity contribution in [2.75, 3.05) is 16.8 Å². The average Bonchev–Trinajstić information content (AvgIpc) is 2.51. The Balaban J connectivity index is 2.58. The Kier molecular flexibility index (Phi) is 3.73. The van der Waals surface area contributed by atoms with Crippen molar-refractivity contribution >= 4 is 15.7 Å². The third kappa shape index (κ3) is 3.54. The Hall–Kier alpha value is -1.04. The molecule has 0 fully saturated rings. The second-order valence-electron chi connectivity index (χ2n) is 3.58. The van der Waals surface area contributed by atoms with Crippen molar-refractivity contribution in [3.63, 3.8) is 0 Å². The van der Waals surface area contributed by atoms with Crippen LogP contribution in [-0.4, -0.2) is 35.7 Å². The van der Waals surface area contributed by atoms with Gasteiger partial charge in [0, 0.05) is 24.9 Å². The number of rotatable bonds is 5. The summed E-state index contributed by atoms with van der Waals surface area (Å²) < 4.78 is 24.4. The maximum atomic E-state index is 11.4. The lowest BCUT2D eigenvalue weighted by Crippen LogP contribution is -2.27. The Morgan fingerprint density at radius 3 is 2.73 bits per heavy atom. The number of hydrogen-bond acceptors (Lipinski definition) is 4. The lowest BCUT2D eigenvalue weighted by atomic mass is 10.4. The predicted octanol–water partition coefficient (Wildman–Crippen LogP) is 0.655. The van der Waals surface area contributed by atoms with Gasteiger partial charge < -0.3 is 5.32 Å². The molecule has 0 radical (unpaired) electrons. The van der Waals surface area contributed by atoms with Crippen molar-refractivity contribution in [2.24, 2.45) is 7.05 Å². The zero-order chi connectivity index (χ0) is 11.5. The number of nitrogens with zero attached hydrogens (tertiary/aromatic N) is 2. The van der Waals surface area contributed by atoms with Crippen LogP contribution in [0.2, 0.25) is 0 Å². The summed E-state index contributed by atoms with van der Waals surface area (Å²) in [5.74, 6) is 1.16. The molecular formula is C9H17N3O2S. The van der Waals surface area contributed by atoms with Crippen LogP contribution in [-0.2, 0) is 16.9 Å². The van der Waals surface area contributed by atoms with Crippen LogP contribution in [0.4, 0.5) is 5.82 Å². The Morgan fingerprint density at radius 1 is 1.60 bits per heavy atom. The van der Waals surface area contributed by atoms with Crippen molar-refractivity contribution in [1.29, 1.82) is 0 Å². The first-order valence-corrected chi connectivity index (χ1v) is 6.71. The van der Waals surface area contributed by atoms with Gasteiger partial charge in [-0.2, -0.15) is 5.10 Å². The normalized spacial score (nSPS) is 13.8. The third-order valence-electron chi connectivity index (χ3n) is 2.16. The highest BCUT2D eigenvalue weighted by Crippen LogP contribution is 2.07. The number of aromatic nitrogens is 2. The number of nitrogens with one attached hydrogen (secondary N) is 1. The zero-order valence-corrected chi connectivity index (χ0v) is 10.1. The summed E-state index contributed by atoms with van der Waals surface area (Å²) >= 11 is 0. The average molecular weight is 231 g/mol. The number of hydrogen-bond donors (Lipinski definition) is 1. The van der Waals surface area contributed by atoms with Crippen molar-refractivity contribution in [1.82, 2.24) is 9.78 Å². The van der Waals surface area contributed by atoms with Crippen LogP contribution >= 0.6 is 0 Å². The fourth-order valence-corrected chi connectivity index (χ4v) is 2.39. The van der Waals surface area contributed by atoms with Gasteiger partial charge in [0.15, 0.2) is 9.84 Å². The van der Waals surface area contributed by atoms with E-state index in [9.17, 15) is 8.42 Å². The minimum absolute atomic E-state index is 0.106. The van der Waals surface area contributed by atoms with Crippen LogP contribution in [0, 0.1) is 0 Å². The van der Waals surface area contributed by atoms with E-state index >= 15 is 0 Å². The molecule has 1 rings (SSSR count). The van der Waals surface area contributed by atoms with E-state index in [0.29, 0.717) is 0 Å². The molecule has 1 heterocycles. The smallest absolute Gasteiger partial charge is 0.152 e. The highest BCUT2D eigenvalue weighted by molar-refractivity contribution is 7.91. The summed E-state index contributed by atoms with van der Waals surface area (Å²) in [5, 5.41) is 7.09. The molecule has 0 spiro atoms.